The van der Waals surface area contributed by atoms with Crippen LogP contribution >= 0.6 is 0 Å². The van der Waals surface area contributed by atoms with Crippen molar-refractivity contribution in [3.8, 4) is 0 Å². The fraction of sp³-hybridized carbons (Fsp3) is 0.733. The topological polar surface area (TPSA) is 50.2 Å². The van der Waals surface area contributed by atoms with E-state index >= 15 is 0 Å². The summed E-state index contributed by atoms with van der Waals surface area (Å²) in [6.07, 6.45) is 9.75. The fourth-order valence-corrected chi connectivity index (χ4v) is 2.92. The maximum absolute atomic E-state index is 12.0. The van der Waals surface area contributed by atoms with Gasteiger partial charge in [0.05, 0.1) is 6.20 Å². The molecule has 1 amide bonds. The van der Waals surface area contributed by atoms with Crippen LogP contribution in [0.5, 0.6) is 0 Å². The van der Waals surface area contributed by atoms with Crippen LogP contribution in [0.4, 0.5) is 0 Å². The summed E-state index contributed by atoms with van der Waals surface area (Å²) in [4.78, 5) is 14.3. The molecule has 5 nitrogen and oxygen atoms in total. The Kier molecular flexibility index (Phi) is 5.17. The Balaban J connectivity index is 1.73. The normalized spacial score (nSPS) is 23.0. The van der Waals surface area contributed by atoms with Crippen LogP contribution in [0, 0.1) is 0 Å². The van der Waals surface area contributed by atoms with E-state index in [0.29, 0.717) is 18.5 Å². The van der Waals surface area contributed by atoms with E-state index in [2.05, 4.69) is 29.4 Å². The number of nitrogens with zero attached hydrogens (tertiary/aromatic N) is 3. The van der Waals surface area contributed by atoms with Crippen LogP contribution in [0.1, 0.15) is 37.7 Å². The third kappa shape index (κ3) is 4.34. The average Bonchev–Trinajstić information content (AvgIpc) is 2.82. The zero-order valence-electron chi connectivity index (χ0n) is 12.8. The fourth-order valence-electron chi connectivity index (χ4n) is 2.92. The molecule has 0 saturated heterocycles. The minimum absolute atomic E-state index is 0.165. The molecule has 1 heterocycles. The van der Waals surface area contributed by atoms with E-state index in [1.807, 2.05) is 19.4 Å². The van der Waals surface area contributed by atoms with Gasteiger partial charge in [-0.2, -0.15) is 5.10 Å². The van der Waals surface area contributed by atoms with Crippen LogP contribution in [-0.2, 0) is 18.3 Å². The van der Waals surface area contributed by atoms with Crippen molar-refractivity contribution in [2.45, 2.75) is 50.6 Å². The molecule has 1 aliphatic carbocycles. The predicted molar refractivity (Wildman–Crippen MR) is 79.4 cm³/mol. The predicted octanol–water partition coefficient (Wildman–Crippen LogP) is 1.34. The summed E-state index contributed by atoms with van der Waals surface area (Å²) in [5.74, 6) is 0.165. The molecule has 0 bridgehead atoms. The third-order valence-corrected chi connectivity index (χ3v) is 4.14. The lowest BCUT2D eigenvalue weighted by Crippen LogP contribution is -2.43. The van der Waals surface area contributed by atoms with Gasteiger partial charge in [-0.1, -0.05) is 0 Å². The number of amides is 1. The van der Waals surface area contributed by atoms with Crippen molar-refractivity contribution < 1.29 is 4.79 Å². The number of nitrogens with one attached hydrogen (secondary N) is 1. The lowest BCUT2D eigenvalue weighted by molar-refractivity contribution is -0.122. The van der Waals surface area contributed by atoms with E-state index < -0.39 is 0 Å². The first-order valence-electron chi connectivity index (χ1n) is 7.48. The number of hydrogen-bond acceptors (Lipinski definition) is 3. The van der Waals surface area contributed by atoms with Gasteiger partial charge in [0.1, 0.15) is 0 Å². The van der Waals surface area contributed by atoms with Crippen LogP contribution in [0.25, 0.3) is 0 Å². The molecule has 0 aliphatic heterocycles. The van der Waals surface area contributed by atoms with Crippen LogP contribution in [0.2, 0.25) is 0 Å². The Labute approximate surface area is 121 Å². The SMILES string of the molecule is CN(C)[C@@H]1CCC[C@@H](NC(=O)CCc2cnn(C)c2)C1. The molecule has 2 rings (SSSR count). The Bertz CT molecular complexity index is 441. The van der Waals surface area contributed by atoms with Crippen LogP contribution in [0.15, 0.2) is 12.4 Å². The summed E-state index contributed by atoms with van der Waals surface area (Å²) >= 11 is 0. The summed E-state index contributed by atoms with van der Waals surface area (Å²) in [7, 11) is 6.14. The van der Waals surface area contributed by atoms with Gasteiger partial charge in [0, 0.05) is 31.7 Å². The molecule has 1 aromatic rings. The van der Waals surface area contributed by atoms with Gasteiger partial charge in [0.15, 0.2) is 0 Å². The highest BCUT2D eigenvalue weighted by molar-refractivity contribution is 5.76. The van der Waals surface area contributed by atoms with Gasteiger partial charge in [0.2, 0.25) is 5.91 Å². The van der Waals surface area contributed by atoms with Gasteiger partial charge < -0.3 is 10.2 Å². The zero-order chi connectivity index (χ0) is 14.5. The zero-order valence-corrected chi connectivity index (χ0v) is 12.8. The molecule has 0 aromatic carbocycles. The van der Waals surface area contributed by atoms with Crippen LogP contribution in [-0.4, -0.2) is 46.8 Å². The summed E-state index contributed by atoms with van der Waals surface area (Å²) in [5.41, 5.74) is 1.12. The van der Waals surface area contributed by atoms with Gasteiger partial charge in [-0.05, 0) is 51.8 Å². The summed E-state index contributed by atoms with van der Waals surface area (Å²) in [6.45, 7) is 0. The number of rotatable bonds is 5. The van der Waals surface area contributed by atoms with Crippen LogP contribution < -0.4 is 5.32 Å². The molecular formula is C15H26N4O. The minimum atomic E-state index is 0.165. The molecule has 2 atom stereocenters. The van der Waals surface area contributed by atoms with Crippen molar-refractivity contribution in [2.24, 2.45) is 7.05 Å². The standard InChI is InChI=1S/C15H26N4O/c1-18(2)14-6-4-5-13(9-14)17-15(20)8-7-12-10-16-19(3)11-12/h10-11,13-14H,4-9H2,1-3H3,(H,17,20)/t13-,14-/m1/s1. The average molecular weight is 278 g/mol. The third-order valence-electron chi connectivity index (χ3n) is 4.14. The molecule has 20 heavy (non-hydrogen) atoms. The quantitative estimate of drug-likeness (QED) is 0.884. The van der Waals surface area contributed by atoms with Gasteiger partial charge in [0.25, 0.3) is 0 Å². The first kappa shape index (κ1) is 15.0. The molecular weight excluding hydrogens is 252 g/mol. The number of hydrogen-bond donors (Lipinski definition) is 1. The molecule has 1 aromatic heterocycles. The highest BCUT2D eigenvalue weighted by Gasteiger charge is 2.24. The summed E-state index contributed by atoms with van der Waals surface area (Å²) in [6, 6.07) is 0.949. The minimum Gasteiger partial charge on any atom is -0.353 e. The van der Waals surface area contributed by atoms with Gasteiger partial charge in [-0.15, -0.1) is 0 Å². The second kappa shape index (κ2) is 6.88. The molecule has 1 saturated carbocycles. The molecule has 5 heteroatoms. The molecule has 0 spiro atoms. The summed E-state index contributed by atoms with van der Waals surface area (Å²) < 4.78 is 1.77. The second-order valence-electron chi connectivity index (χ2n) is 6.07. The Morgan fingerprint density at radius 1 is 1.50 bits per heavy atom. The molecule has 0 radical (unpaired) electrons. The van der Waals surface area contributed by atoms with Gasteiger partial charge >= 0.3 is 0 Å². The van der Waals surface area contributed by atoms with Crippen molar-refractivity contribution in [1.29, 1.82) is 0 Å². The van der Waals surface area contributed by atoms with E-state index in [1.165, 1.54) is 12.8 Å². The van der Waals surface area contributed by atoms with Crippen LogP contribution in [0.3, 0.4) is 0 Å². The molecule has 1 N–H and O–H groups in total. The lowest BCUT2D eigenvalue weighted by atomic mass is 9.90. The van der Waals surface area contributed by atoms with Crippen molar-refractivity contribution in [3.63, 3.8) is 0 Å². The number of aryl methyl sites for hydroxylation is 2. The van der Waals surface area contributed by atoms with Crippen molar-refractivity contribution in [1.82, 2.24) is 20.0 Å². The van der Waals surface area contributed by atoms with E-state index in [4.69, 9.17) is 0 Å². The first-order valence-corrected chi connectivity index (χ1v) is 7.48. The largest absolute Gasteiger partial charge is 0.353 e. The van der Waals surface area contributed by atoms with Crippen molar-refractivity contribution >= 4 is 5.91 Å². The Morgan fingerprint density at radius 3 is 2.95 bits per heavy atom. The summed E-state index contributed by atoms with van der Waals surface area (Å²) in [5, 5.41) is 7.31. The molecule has 112 valence electrons. The van der Waals surface area contributed by atoms with Crippen molar-refractivity contribution in [3.05, 3.63) is 18.0 Å². The highest BCUT2D eigenvalue weighted by Crippen LogP contribution is 2.21. The van der Waals surface area contributed by atoms with E-state index in [9.17, 15) is 4.79 Å². The lowest BCUT2D eigenvalue weighted by Gasteiger charge is -2.33. The second-order valence-corrected chi connectivity index (χ2v) is 6.07. The monoisotopic (exact) mass is 278 g/mol. The smallest absolute Gasteiger partial charge is 0.220 e. The molecule has 1 fully saturated rings. The Hall–Kier alpha value is -1.36. The number of carbonyl (C=O) groups excluding carboxylic acids is 1. The van der Waals surface area contributed by atoms with E-state index in [1.54, 1.807) is 4.68 Å². The number of aromatic nitrogens is 2. The van der Waals surface area contributed by atoms with Gasteiger partial charge in [-0.3, -0.25) is 9.48 Å². The first-order chi connectivity index (χ1) is 9.54. The maximum Gasteiger partial charge on any atom is 0.220 e. The number of carbonyl (C=O) groups is 1. The highest BCUT2D eigenvalue weighted by atomic mass is 16.1. The van der Waals surface area contributed by atoms with Crippen molar-refractivity contribution in [2.75, 3.05) is 14.1 Å². The Morgan fingerprint density at radius 2 is 2.30 bits per heavy atom. The molecule has 1 aliphatic rings. The maximum atomic E-state index is 12.0. The van der Waals surface area contributed by atoms with E-state index in [0.717, 1.165) is 24.8 Å². The molecule has 0 unspecified atom stereocenters. The van der Waals surface area contributed by atoms with Gasteiger partial charge in [-0.25, -0.2) is 0 Å². The van der Waals surface area contributed by atoms with E-state index in [-0.39, 0.29) is 5.91 Å².